The zero-order chi connectivity index (χ0) is 13.5. The van der Waals surface area contributed by atoms with Crippen molar-refractivity contribution in [1.29, 1.82) is 0 Å². The molecule has 0 aliphatic heterocycles. The highest BCUT2D eigenvalue weighted by Crippen LogP contribution is 2.28. The van der Waals surface area contributed by atoms with Crippen molar-refractivity contribution in [1.82, 2.24) is 0 Å². The normalized spacial score (nSPS) is 12.0. The van der Waals surface area contributed by atoms with Gasteiger partial charge in [0.05, 0.1) is 19.4 Å². The van der Waals surface area contributed by atoms with Crippen LogP contribution in [0.25, 0.3) is 0 Å². The van der Waals surface area contributed by atoms with Crippen LogP contribution >= 0.6 is 11.6 Å². The van der Waals surface area contributed by atoms with E-state index in [1.807, 2.05) is 18.2 Å². The molecule has 0 bridgehead atoms. The third-order valence-corrected chi connectivity index (χ3v) is 2.69. The fraction of sp³-hybridized carbons (Fsp3) is 0.462. The third kappa shape index (κ3) is 3.62. The number of amides is 1. The van der Waals surface area contributed by atoms with Crippen molar-refractivity contribution < 1.29 is 14.3 Å². The first-order chi connectivity index (χ1) is 8.61. The molecule has 1 rings (SSSR count). The first-order valence-corrected chi connectivity index (χ1v) is 6.12. The van der Waals surface area contributed by atoms with Crippen molar-refractivity contribution in [3.8, 4) is 5.75 Å². The van der Waals surface area contributed by atoms with Crippen LogP contribution in [-0.4, -0.2) is 38.7 Å². The van der Waals surface area contributed by atoms with Crippen molar-refractivity contribution >= 4 is 23.2 Å². The fourth-order valence-electron chi connectivity index (χ4n) is 1.60. The summed E-state index contributed by atoms with van der Waals surface area (Å²) in [6, 6.07) is 7.34. The van der Waals surface area contributed by atoms with Gasteiger partial charge in [-0.1, -0.05) is 12.1 Å². The standard InChI is InChI=1S/C13H18ClNO3/c1-10(14)13(16)15(8-9-17-2)11-6-4-5-7-12(11)18-3/h4-7,10H,8-9H2,1-3H3. The molecule has 0 N–H and O–H groups in total. The number of carbonyl (C=O) groups is 1. The summed E-state index contributed by atoms with van der Waals surface area (Å²) in [7, 11) is 3.16. The number of ether oxygens (including phenoxy) is 2. The summed E-state index contributed by atoms with van der Waals surface area (Å²) in [5.41, 5.74) is 0.703. The highest BCUT2D eigenvalue weighted by atomic mass is 35.5. The molecule has 1 aromatic carbocycles. The maximum absolute atomic E-state index is 12.1. The van der Waals surface area contributed by atoms with Crippen LogP contribution < -0.4 is 9.64 Å². The van der Waals surface area contributed by atoms with Gasteiger partial charge in [-0.05, 0) is 19.1 Å². The molecule has 5 heteroatoms. The number of rotatable bonds is 6. The van der Waals surface area contributed by atoms with E-state index in [4.69, 9.17) is 21.1 Å². The zero-order valence-electron chi connectivity index (χ0n) is 10.9. The molecule has 18 heavy (non-hydrogen) atoms. The van der Waals surface area contributed by atoms with Gasteiger partial charge in [-0.25, -0.2) is 0 Å². The van der Waals surface area contributed by atoms with Gasteiger partial charge in [0, 0.05) is 13.7 Å². The number of hydrogen-bond acceptors (Lipinski definition) is 3. The Morgan fingerprint density at radius 2 is 2.06 bits per heavy atom. The van der Waals surface area contributed by atoms with E-state index in [0.29, 0.717) is 24.6 Å². The maximum Gasteiger partial charge on any atom is 0.244 e. The minimum absolute atomic E-state index is 0.168. The van der Waals surface area contributed by atoms with Crippen molar-refractivity contribution in [3.63, 3.8) is 0 Å². The predicted molar refractivity (Wildman–Crippen MR) is 72.5 cm³/mol. The second kappa shape index (κ2) is 7.24. The van der Waals surface area contributed by atoms with Crippen LogP contribution in [0.3, 0.4) is 0 Å². The van der Waals surface area contributed by atoms with E-state index in [1.165, 1.54) is 0 Å². The van der Waals surface area contributed by atoms with Crippen LogP contribution in [0.1, 0.15) is 6.92 Å². The molecule has 0 saturated carbocycles. The van der Waals surface area contributed by atoms with Gasteiger partial charge in [0.25, 0.3) is 0 Å². The number of carbonyl (C=O) groups excluding carboxylic acids is 1. The first-order valence-electron chi connectivity index (χ1n) is 5.69. The number of hydrogen-bond donors (Lipinski definition) is 0. The number of anilines is 1. The summed E-state index contributed by atoms with van der Waals surface area (Å²) in [5, 5.41) is -0.591. The van der Waals surface area contributed by atoms with Gasteiger partial charge in [0.2, 0.25) is 5.91 Å². The largest absolute Gasteiger partial charge is 0.495 e. The Morgan fingerprint density at radius 1 is 1.39 bits per heavy atom. The van der Waals surface area contributed by atoms with E-state index in [1.54, 1.807) is 32.1 Å². The Labute approximate surface area is 112 Å². The lowest BCUT2D eigenvalue weighted by atomic mass is 10.2. The van der Waals surface area contributed by atoms with Gasteiger partial charge in [0.1, 0.15) is 11.1 Å². The van der Waals surface area contributed by atoms with Gasteiger partial charge in [-0.2, -0.15) is 0 Å². The average molecular weight is 272 g/mol. The van der Waals surface area contributed by atoms with Gasteiger partial charge >= 0.3 is 0 Å². The van der Waals surface area contributed by atoms with E-state index < -0.39 is 5.38 Å². The van der Waals surface area contributed by atoms with Gasteiger partial charge < -0.3 is 14.4 Å². The minimum atomic E-state index is -0.591. The first kappa shape index (κ1) is 14.8. The Morgan fingerprint density at radius 3 is 2.61 bits per heavy atom. The predicted octanol–water partition coefficient (Wildman–Crippen LogP) is 2.30. The Hall–Kier alpha value is -1.26. The zero-order valence-corrected chi connectivity index (χ0v) is 11.6. The highest BCUT2D eigenvalue weighted by molar-refractivity contribution is 6.32. The minimum Gasteiger partial charge on any atom is -0.495 e. The lowest BCUT2D eigenvalue weighted by Gasteiger charge is -2.25. The summed E-state index contributed by atoms with van der Waals surface area (Å²) in [5.74, 6) is 0.470. The maximum atomic E-state index is 12.1. The van der Waals surface area contributed by atoms with E-state index in [-0.39, 0.29) is 5.91 Å². The molecule has 0 spiro atoms. The molecule has 0 saturated heterocycles. The second-order valence-electron chi connectivity index (χ2n) is 3.77. The lowest BCUT2D eigenvalue weighted by Crippen LogP contribution is -2.38. The molecule has 1 aromatic rings. The smallest absolute Gasteiger partial charge is 0.244 e. The average Bonchev–Trinajstić information content (AvgIpc) is 2.39. The molecule has 0 heterocycles. The molecule has 0 aliphatic carbocycles. The number of alkyl halides is 1. The number of benzene rings is 1. The molecular weight excluding hydrogens is 254 g/mol. The van der Waals surface area contributed by atoms with E-state index in [0.717, 1.165) is 0 Å². The quantitative estimate of drug-likeness (QED) is 0.745. The van der Waals surface area contributed by atoms with E-state index in [9.17, 15) is 4.79 Å². The van der Waals surface area contributed by atoms with Gasteiger partial charge in [0.15, 0.2) is 0 Å². The van der Waals surface area contributed by atoms with E-state index in [2.05, 4.69) is 0 Å². The lowest BCUT2D eigenvalue weighted by molar-refractivity contribution is -0.118. The Bertz CT molecular complexity index is 396. The number of para-hydroxylation sites is 2. The highest BCUT2D eigenvalue weighted by Gasteiger charge is 2.22. The molecule has 1 amide bonds. The van der Waals surface area contributed by atoms with Crippen LogP contribution in [0.15, 0.2) is 24.3 Å². The summed E-state index contributed by atoms with van der Waals surface area (Å²) in [4.78, 5) is 13.7. The topological polar surface area (TPSA) is 38.8 Å². The van der Waals surface area contributed by atoms with Crippen molar-refractivity contribution in [2.24, 2.45) is 0 Å². The van der Waals surface area contributed by atoms with Crippen LogP contribution in [-0.2, 0) is 9.53 Å². The summed E-state index contributed by atoms with van der Waals surface area (Å²) < 4.78 is 10.3. The molecule has 0 radical (unpaired) electrons. The molecule has 100 valence electrons. The van der Waals surface area contributed by atoms with Crippen LogP contribution in [0.5, 0.6) is 5.75 Å². The summed E-state index contributed by atoms with van der Waals surface area (Å²) >= 11 is 5.87. The summed E-state index contributed by atoms with van der Waals surface area (Å²) in [6.45, 7) is 2.53. The second-order valence-corrected chi connectivity index (χ2v) is 4.43. The monoisotopic (exact) mass is 271 g/mol. The number of halogens is 1. The van der Waals surface area contributed by atoms with Gasteiger partial charge in [-0.3, -0.25) is 4.79 Å². The molecule has 1 atom stereocenters. The van der Waals surface area contributed by atoms with Gasteiger partial charge in [-0.15, -0.1) is 11.6 Å². The van der Waals surface area contributed by atoms with Crippen molar-refractivity contribution in [2.45, 2.75) is 12.3 Å². The van der Waals surface area contributed by atoms with Crippen molar-refractivity contribution in [3.05, 3.63) is 24.3 Å². The molecular formula is C13H18ClNO3. The number of methoxy groups -OCH3 is 2. The SMILES string of the molecule is COCCN(C(=O)C(C)Cl)c1ccccc1OC. The van der Waals surface area contributed by atoms with E-state index >= 15 is 0 Å². The third-order valence-electron chi connectivity index (χ3n) is 2.50. The Balaban J connectivity index is 3.04. The molecule has 0 fully saturated rings. The fourth-order valence-corrected chi connectivity index (χ4v) is 1.72. The molecule has 0 aliphatic rings. The van der Waals surface area contributed by atoms with Crippen LogP contribution in [0.4, 0.5) is 5.69 Å². The summed E-state index contributed by atoms with van der Waals surface area (Å²) in [6.07, 6.45) is 0. The molecule has 4 nitrogen and oxygen atoms in total. The van der Waals surface area contributed by atoms with Crippen LogP contribution in [0.2, 0.25) is 0 Å². The molecule has 0 aromatic heterocycles. The molecule has 1 unspecified atom stereocenters. The van der Waals surface area contributed by atoms with Crippen LogP contribution in [0, 0.1) is 0 Å². The number of nitrogens with zero attached hydrogens (tertiary/aromatic N) is 1. The van der Waals surface area contributed by atoms with Crippen molar-refractivity contribution in [2.75, 3.05) is 32.3 Å². The Kier molecular flexibility index (Phi) is 5.95.